The van der Waals surface area contributed by atoms with E-state index in [0.29, 0.717) is 17.1 Å². The minimum absolute atomic E-state index is 0.107. The van der Waals surface area contributed by atoms with E-state index >= 15 is 0 Å². The summed E-state index contributed by atoms with van der Waals surface area (Å²) in [5.41, 5.74) is 4.75. The number of fused-ring (bicyclic) bond motifs is 1. The van der Waals surface area contributed by atoms with Crippen LogP contribution >= 0.6 is 11.3 Å². The molecule has 158 valence electrons. The smallest absolute Gasteiger partial charge is 0.238 e. The van der Waals surface area contributed by atoms with Gasteiger partial charge in [-0.2, -0.15) is 5.26 Å². The SMILES string of the molecule is Cc1cccc(NC(=O)CN(C)CCC(=O)Nc2sc3c(c2C#N)CCCC3)c1C. The molecular weight excluding hydrogens is 396 g/mol. The van der Waals surface area contributed by atoms with Crippen LogP contribution in [0.4, 0.5) is 10.7 Å². The molecule has 2 N–H and O–H groups in total. The van der Waals surface area contributed by atoms with Gasteiger partial charge in [-0.15, -0.1) is 11.3 Å². The summed E-state index contributed by atoms with van der Waals surface area (Å²) in [5, 5.41) is 16.0. The third kappa shape index (κ3) is 5.26. The van der Waals surface area contributed by atoms with Crippen molar-refractivity contribution in [3.8, 4) is 6.07 Å². The van der Waals surface area contributed by atoms with E-state index in [9.17, 15) is 14.9 Å². The highest BCUT2D eigenvalue weighted by atomic mass is 32.1. The summed E-state index contributed by atoms with van der Waals surface area (Å²) in [4.78, 5) is 27.8. The van der Waals surface area contributed by atoms with Crippen LogP contribution in [0.5, 0.6) is 0 Å². The number of nitrogens with one attached hydrogen (secondary N) is 2. The number of carbonyl (C=O) groups is 2. The van der Waals surface area contributed by atoms with E-state index in [2.05, 4.69) is 16.7 Å². The quantitative estimate of drug-likeness (QED) is 0.703. The maximum Gasteiger partial charge on any atom is 0.238 e. The first-order chi connectivity index (χ1) is 14.4. The molecular formula is C23H28N4O2S. The fraction of sp³-hybridized carbons (Fsp3) is 0.435. The Bertz CT molecular complexity index is 990. The van der Waals surface area contributed by atoms with Crippen LogP contribution in [0.2, 0.25) is 0 Å². The second kappa shape index (κ2) is 9.88. The van der Waals surface area contributed by atoms with Gasteiger partial charge in [0.25, 0.3) is 0 Å². The topological polar surface area (TPSA) is 85.2 Å². The third-order valence-corrected chi connectivity index (χ3v) is 6.76. The average Bonchev–Trinajstić information content (AvgIpc) is 3.06. The molecule has 1 aromatic carbocycles. The highest BCUT2D eigenvalue weighted by Crippen LogP contribution is 2.37. The molecule has 0 aliphatic heterocycles. The summed E-state index contributed by atoms with van der Waals surface area (Å²) >= 11 is 1.53. The van der Waals surface area contributed by atoms with Crippen molar-refractivity contribution in [3.05, 3.63) is 45.3 Å². The van der Waals surface area contributed by atoms with E-state index in [1.807, 2.05) is 44.0 Å². The summed E-state index contributed by atoms with van der Waals surface area (Å²) in [6.45, 7) is 4.66. The molecule has 1 aromatic heterocycles. The fourth-order valence-electron chi connectivity index (χ4n) is 3.65. The number of carbonyl (C=O) groups excluding carboxylic acids is 2. The Labute approximate surface area is 181 Å². The molecule has 2 aromatic rings. The predicted molar refractivity (Wildman–Crippen MR) is 121 cm³/mol. The lowest BCUT2D eigenvalue weighted by Crippen LogP contribution is -2.32. The molecule has 0 radical (unpaired) electrons. The number of anilines is 2. The van der Waals surface area contributed by atoms with Gasteiger partial charge in [-0.25, -0.2) is 0 Å². The maximum absolute atomic E-state index is 12.4. The van der Waals surface area contributed by atoms with Gasteiger partial charge in [0.1, 0.15) is 11.1 Å². The lowest BCUT2D eigenvalue weighted by Gasteiger charge is -2.17. The number of amides is 2. The van der Waals surface area contributed by atoms with Crippen molar-refractivity contribution in [3.63, 3.8) is 0 Å². The molecule has 0 unspecified atom stereocenters. The first kappa shape index (κ1) is 22.0. The molecule has 0 saturated carbocycles. The molecule has 7 heteroatoms. The lowest BCUT2D eigenvalue weighted by molar-refractivity contribution is -0.119. The number of aryl methyl sites for hydroxylation is 2. The zero-order chi connectivity index (χ0) is 21.7. The second-order valence-electron chi connectivity index (χ2n) is 7.86. The van der Waals surface area contributed by atoms with Gasteiger partial charge in [0.05, 0.1) is 12.1 Å². The number of hydrogen-bond acceptors (Lipinski definition) is 5. The van der Waals surface area contributed by atoms with Crippen LogP contribution in [0, 0.1) is 25.2 Å². The summed E-state index contributed by atoms with van der Waals surface area (Å²) < 4.78 is 0. The second-order valence-corrected chi connectivity index (χ2v) is 8.96. The largest absolute Gasteiger partial charge is 0.325 e. The van der Waals surface area contributed by atoms with Crippen LogP contribution in [-0.2, 0) is 22.4 Å². The first-order valence-electron chi connectivity index (χ1n) is 10.3. The Morgan fingerprint density at radius 2 is 1.93 bits per heavy atom. The van der Waals surface area contributed by atoms with E-state index in [1.165, 1.54) is 16.2 Å². The zero-order valence-corrected chi connectivity index (χ0v) is 18.6. The Kier molecular flexibility index (Phi) is 7.24. The standard InChI is InChI=1S/C23H28N4O2S/c1-15-7-6-9-19(16(15)2)25-22(29)14-27(3)12-11-21(28)26-23-18(13-24)17-8-4-5-10-20(17)30-23/h6-7,9H,4-5,8,10-12,14H2,1-3H3,(H,25,29)(H,26,28). The van der Waals surface area contributed by atoms with Crippen molar-refractivity contribution >= 4 is 33.8 Å². The van der Waals surface area contributed by atoms with Crippen molar-refractivity contribution in [1.82, 2.24) is 4.90 Å². The minimum atomic E-state index is -0.133. The van der Waals surface area contributed by atoms with E-state index in [0.717, 1.165) is 48.1 Å². The molecule has 1 aliphatic carbocycles. The van der Waals surface area contributed by atoms with Crippen LogP contribution in [0.1, 0.15) is 46.4 Å². The number of hydrogen-bond donors (Lipinski definition) is 2. The Hall–Kier alpha value is -2.69. The Morgan fingerprint density at radius 1 is 1.17 bits per heavy atom. The minimum Gasteiger partial charge on any atom is -0.325 e. The van der Waals surface area contributed by atoms with E-state index in [-0.39, 0.29) is 24.8 Å². The maximum atomic E-state index is 12.4. The lowest BCUT2D eigenvalue weighted by atomic mass is 9.96. The highest BCUT2D eigenvalue weighted by Gasteiger charge is 2.22. The molecule has 1 heterocycles. The van der Waals surface area contributed by atoms with E-state index in [4.69, 9.17) is 0 Å². The molecule has 0 spiro atoms. The summed E-state index contributed by atoms with van der Waals surface area (Å²) in [7, 11) is 1.82. The molecule has 30 heavy (non-hydrogen) atoms. The normalized spacial score (nSPS) is 12.9. The van der Waals surface area contributed by atoms with Crippen molar-refractivity contribution in [1.29, 1.82) is 5.26 Å². The zero-order valence-electron chi connectivity index (χ0n) is 17.8. The fourth-order valence-corrected chi connectivity index (χ4v) is 4.91. The van der Waals surface area contributed by atoms with Crippen molar-refractivity contribution in [2.24, 2.45) is 0 Å². The van der Waals surface area contributed by atoms with Gasteiger partial charge in [0.2, 0.25) is 11.8 Å². The monoisotopic (exact) mass is 424 g/mol. The van der Waals surface area contributed by atoms with Gasteiger partial charge in [0, 0.05) is 23.5 Å². The number of nitriles is 1. The number of rotatable bonds is 7. The molecule has 0 atom stereocenters. The Morgan fingerprint density at radius 3 is 2.70 bits per heavy atom. The van der Waals surface area contributed by atoms with Gasteiger partial charge >= 0.3 is 0 Å². The molecule has 1 aliphatic rings. The molecule has 2 amide bonds. The van der Waals surface area contributed by atoms with Crippen LogP contribution in [0.25, 0.3) is 0 Å². The number of benzene rings is 1. The van der Waals surface area contributed by atoms with Gasteiger partial charge in [0.15, 0.2) is 0 Å². The van der Waals surface area contributed by atoms with Crippen molar-refractivity contribution in [2.45, 2.75) is 46.0 Å². The molecule has 0 saturated heterocycles. The third-order valence-electron chi connectivity index (χ3n) is 5.55. The van der Waals surface area contributed by atoms with Crippen LogP contribution < -0.4 is 10.6 Å². The number of thiophene rings is 1. The first-order valence-corrected chi connectivity index (χ1v) is 11.1. The summed E-state index contributed by atoms with van der Waals surface area (Å²) in [6.07, 6.45) is 4.41. The number of nitrogens with zero attached hydrogens (tertiary/aromatic N) is 2. The molecule has 6 nitrogen and oxygen atoms in total. The van der Waals surface area contributed by atoms with Crippen molar-refractivity contribution < 1.29 is 9.59 Å². The van der Waals surface area contributed by atoms with Crippen LogP contribution in [0.3, 0.4) is 0 Å². The highest BCUT2D eigenvalue weighted by molar-refractivity contribution is 7.16. The molecule has 0 bridgehead atoms. The van der Waals surface area contributed by atoms with Gasteiger partial charge in [-0.1, -0.05) is 12.1 Å². The molecule has 0 fully saturated rings. The number of likely N-dealkylation sites (N-methyl/N-ethyl adjacent to an activating group) is 1. The van der Waals surface area contributed by atoms with Gasteiger partial charge in [-0.05, 0) is 69.3 Å². The van der Waals surface area contributed by atoms with Crippen LogP contribution in [-0.4, -0.2) is 36.9 Å². The summed E-state index contributed by atoms with van der Waals surface area (Å²) in [6, 6.07) is 8.09. The van der Waals surface area contributed by atoms with Gasteiger partial charge in [-0.3, -0.25) is 14.5 Å². The van der Waals surface area contributed by atoms with E-state index in [1.54, 1.807) is 0 Å². The Balaban J connectivity index is 1.49. The van der Waals surface area contributed by atoms with E-state index < -0.39 is 0 Å². The molecule has 3 rings (SSSR count). The summed E-state index contributed by atoms with van der Waals surface area (Å²) in [5.74, 6) is -0.240. The average molecular weight is 425 g/mol. The van der Waals surface area contributed by atoms with Crippen molar-refractivity contribution in [2.75, 3.05) is 30.8 Å². The van der Waals surface area contributed by atoms with Gasteiger partial charge < -0.3 is 10.6 Å². The predicted octanol–water partition coefficient (Wildman–Crippen LogP) is 4.01. The van der Waals surface area contributed by atoms with Crippen LogP contribution in [0.15, 0.2) is 18.2 Å².